The minimum Gasteiger partial charge on any atom is -0.273 e. The molecular formula is C18H21N5O2. The monoisotopic (exact) mass is 339 g/mol. The quantitative estimate of drug-likeness (QED) is 0.791. The fourth-order valence-electron chi connectivity index (χ4n) is 2.66. The van der Waals surface area contributed by atoms with E-state index in [0.29, 0.717) is 11.0 Å². The summed E-state index contributed by atoms with van der Waals surface area (Å²) in [6.45, 7) is 7.92. The van der Waals surface area contributed by atoms with Crippen LogP contribution in [0.15, 0.2) is 41.6 Å². The van der Waals surface area contributed by atoms with Gasteiger partial charge < -0.3 is 0 Å². The third-order valence-corrected chi connectivity index (χ3v) is 3.82. The third kappa shape index (κ3) is 3.45. The van der Waals surface area contributed by atoms with Gasteiger partial charge >= 0.3 is 0 Å². The number of nitrogens with zero attached hydrogens (tertiary/aromatic N) is 4. The van der Waals surface area contributed by atoms with Crippen LogP contribution in [0.1, 0.15) is 31.9 Å². The number of benzene rings is 1. The smallest absolute Gasteiger partial charge is 0.273 e. The maximum atomic E-state index is 12.6. The van der Waals surface area contributed by atoms with Crippen molar-refractivity contribution in [2.24, 2.45) is 0 Å². The molecule has 0 unspecified atom stereocenters. The lowest BCUT2D eigenvalue weighted by Crippen LogP contribution is -2.34. The van der Waals surface area contributed by atoms with Crippen LogP contribution in [0.2, 0.25) is 0 Å². The van der Waals surface area contributed by atoms with Crippen molar-refractivity contribution < 1.29 is 4.79 Å². The first-order chi connectivity index (χ1) is 11.8. The summed E-state index contributed by atoms with van der Waals surface area (Å²) >= 11 is 0. The summed E-state index contributed by atoms with van der Waals surface area (Å²) in [5, 5.41) is 4.62. The van der Waals surface area contributed by atoms with Gasteiger partial charge in [0.2, 0.25) is 5.91 Å². The van der Waals surface area contributed by atoms with Gasteiger partial charge in [0.15, 0.2) is 5.65 Å². The van der Waals surface area contributed by atoms with Crippen LogP contribution in [0.4, 0.5) is 0 Å². The number of fused-ring (bicyclic) bond motifs is 1. The summed E-state index contributed by atoms with van der Waals surface area (Å²) in [4.78, 5) is 29.1. The molecule has 2 heterocycles. The van der Waals surface area contributed by atoms with E-state index in [1.807, 2.05) is 52.0 Å². The third-order valence-electron chi connectivity index (χ3n) is 3.82. The molecule has 3 aromatic rings. The molecule has 0 spiro atoms. The van der Waals surface area contributed by atoms with Crippen LogP contribution in [0.3, 0.4) is 0 Å². The van der Waals surface area contributed by atoms with Gasteiger partial charge in [0.1, 0.15) is 11.7 Å². The van der Waals surface area contributed by atoms with Gasteiger partial charge in [0.25, 0.3) is 5.56 Å². The Labute approximate surface area is 145 Å². The molecule has 0 radical (unpaired) electrons. The number of carbonyl (C=O) groups is 1. The second-order valence-electron chi connectivity index (χ2n) is 7.09. The average molecular weight is 339 g/mol. The Morgan fingerprint density at radius 1 is 1.28 bits per heavy atom. The van der Waals surface area contributed by atoms with E-state index >= 15 is 0 Å². The van der Waals surface area contributed by atoms with Crippen molar-refractivity contribution in [3.8, 4) is 0 Å². The highest BCUT2D eigenvalue weighted by Crippen LogP contribution is 2.17. The minimum atomic E-state index is -0.349. The van der Waals surface area contributed by atoms with Gasteiger partial charge in [-0.3, -0.25) is 15.0 Å². The Morgan fingerprint density at radius 2 is 2.04 bits per heavy atom. The second kappa shape index (κ2) is 6.16. The minimum absolute atomic E-state index is 0.188. The first kappa shape index (κ1) is 16.9. The predicted octanol–water partition coefficient (Wildman–Crippen LogP) is 1.97. The molecule has 3 rings (SSSR count). The number of rotatable bonds is 3. The van der Waals surface area contributed by atoms with E-state index in [4.69, 9.17) is 0 Å². The molecule has 0 fully saturated rings. The second-order valence-corrected chi connectivity index (χ2v) is 7.09. The van der Waals surface area contributed by atoms with Crippen molar-refractivity contribution in [3.63, 3.8) is 0 Å². The van der Waals surface area contributed by atoms with Crippen LogP contribution in [0.25, 0.3) is 11.0 Å². The zero-order chi connectivity index (χ0) is 18.2. The van der Waals surface area contributed by atoms with Crippen molar-refractivity contribution in [1.29, 1.82) is 0 Å². The van der Waals surface area contributed by atoms with Crippen molar-refractivity contribution in [2.45, 2.75) is 39.7 Å². The van der Waals surface area contributed by atoms with Crippen LogP contribution >= 0.6 is 0 Å². The van der Waals surface area contributed by atoms with Crippen molar-refractivity contribution in [3.05, 3.63) is 58.3 Å². The summed E-state index contributed by atoms with van der Waals surface area (Å²) in [6.07, 6.45) is 3.00. The van der Waals surface area contributed by atoms with Crippen molar-refractivity contribution in [1.82, 2.24) is 19.4 Å². The molecule has 7 nitrogen and oxygen atoms in total. The molecule has 1 aromatic carbocycles. The number of hydrogen-bond donors (Lipinski definition) is 1. The number of nitrogens with one attached hydrogen (secondary N) is 1. The largest absolute Gasteiger partial charge is 0.283 e. The SMILES string of the molecule is Cc1cccc(CC(=O)Nn2cnc3c(cnn3C(C)(C)C)c2=O)c1. The highest BCUT2D eigenvalue weighted by molar-refractivity contribution is 5.86. The van der Waals surface area contributed by atoms with E-state index in [-0.39, 0.29) is 23.4 Å². The molecule has 0 aliphatic carbocycles. The first-order valence-corrected chi connectivity index (χ1v) is 8.07. The molecule has 25 heavy (non-hydrogen) atoms. The summed E-state index contributed by atoms with van der Waals surface area (Å²) in [6, 6.07) is 7.69. The van der Waals surface area contributed by atoms with E-state index in [2.05, 4.69) is 15.5 Å². The molecule has 0 aliphatic heterocycles. The van der Waals surface area contributed by atoms with E-state index in [9.17, 15) is 9.59 Å². The Kier molecular flexibility index (Phi) is 4.16. The lowest BCUT2D eigenvalue weighted by atomic mass is 10.1. The van der Waals surface area contributed by atoms with Crippen LogP contribution in [-0.4, -0.2) is 25.3 Å². The molecule has 1 amide bonds. The van der Waals surface area contributed by atoms with Gasteiger partial charge in [-0.1, -0.05) is 29.8 Å². The number of amides is 1. The van der Waals surface area contributed by atoms with Gasteiger partial charge in [-0.25, -0.2) is 14.3 Å². The van der Waals surface area contributed by atoms with Crippen LogP contribution in [-0.2, 0) is 16.8 Å². The maximum Gasteiger partial charge on any atom is 0.283 e. The molecule has 0 aliphatic rings. The standard InChI is InChI=1S/C18H21N5O2/c1-12-6-5-7-13(8-12)9-15(24)21-22-11-19-16-14(17(22)25)10-20-23(16)18(2,3)4/h5-8,10-11H,9H2,1-4H3,(H,21,24). The number of carbonyl (C=O) groups excluding carboxylic acids is 1. The number of aryl methyl sites for hydroxylation is 1. The molecule has 0 atom stereocenters. The maximum absolute atomic E-state index is 12.6. The molecule has 0 saturated carbocycles. The highest BCUT2D eigenvalue weighted by Gasteiger charge is 2.20. The lowest BCUT2D eigenvalue weighted by Gasteiger charge is -2.19. The van der Waals surface area contributed by atoms with Gasteiger partial charge in [-0.2, -0.15) is 5.10 Å². The summed E-state index contributed by atoms with van der Waals surface area (Å²) in [7, 11) is 0. The van der Waals surface area contributed by atoms with E-state index in [1.54, 1.807) is 4.68 Å². The Hall–Kier alpha value is -2.96. The van der Waals surface area contributed by atoms with Crippen molar-refractivity contribution in [2.75, 3.05) is 5.43 Å². The summed E-state index contributed by atoms with van der Waals surface area (Å²) in [5.41, 5.74) is 4.42. The molecular weight excluding hydrogens is 318 g/mol. The molecule has 2 aromatic heterocycles. The fourth-order valence-corrected chi connectivity index (χ4v) is 2.66. The number of hydrogen-bond acceptors (Lipinski definition) is 4. The summed E-state index contributed by atoms with van der Waals surface area (Å²) in [5.74, 6) is -0.280. The predicted molar refractivity (Wildman–Crippen MR) is 96.0 cm³/mol. The highest BCUT2D eigenvalue weighted by atomic mass is 16.2. The van der Waals surface area contributed by atoms with Gasteiger partial charge in [0, 0.05) is 0 Å². The normalized spacial score (nSPS) is 11.7. The molecule has 1 N–H and O–H groups in total. The van der Waals surface area contributed by atoms with Crippen molar-refractivity contribution >= 4 is 16.9 Å². The number of aromatic nitrogens is 4. The van der Waals surface area contributed by atoms with E-state index in [1.165, 1.54) is 12.5 Å². The van der Waals surface area contributed by atoms with Gasteiger partial charge in [-0.05, 0) is 33.3 Å². The van der Waals surface area contributed by atoms with Crippen LogP contribution in [0.5, 0.6) is 0 Å². The zero-order valence-corrected chi connectivity index (χ0v) is 14.8. The average Bonchev–Trinajstić information content (AvgIpc) is 2.95. The molecule has 0 saturated heterocycles. The Morgan fingerprint density at radius 3 is 2.72 bits per heavy atom. The van der Waals surface area contributed by atoms with Crippen LogP contribution in [0, 0.1) is 6.92 Å². The summed E-state index contributed by atoms with van der Waals surface area (Å²) < 4.78 is 2.80. The Balaban J connectivity index is 1.86. The molecule has 0 bridgehead atoms. The van der Waals surface area contributed by atoms with Gasteiger partial charge in [-0.15, -0.1) is 0 Å². The molecule has 7 heteroatoms. The van der Waals surface area contributed by atoms with E-state index < -0.39 is 0 Å². The first-order valence-electron chi connectivity index (χ1n) is 8.07. The topological polar surface area (TPSA) is 81.8 Å². The van der Waals surface area contributed by atoms with E-state index in [0.717, 1.165) is 15.8 Å². The van der Waals surface area contributed by atoms with Crippen LogP contribution < -0.4 is 11.0 Å². The zero-order valence-electron chi connectivity index (χ0n) is 14.8. The Bertz CT molecular complexity index is 995. The lowest BCUT2D eigenvalue weighted by molar-refractivity contribution is -0.116. The fraction of sp³-hybridized carbons (Fsp3) is 0.333. The van der Waals surface area contributed by atoms with Gasteiger partial charge in [0.05, 0.1) is 18.2 Å². The molecule has 130 valence electrons.